The summed E-state index contributed by atoms with van der Waals surface area (Å²) in [5, 5.41) is 2.98. The van der Waals surface area contributed by atoms with E-state index in [4.69, 9.17) is 21.7 Å². The van der Waals surface area contributed by atoms with E-state index in [2.05, 4.69) is 5.32 Å². The fourth-order valence-electron chi connectivity index (χ4n) is 2.70. The van der Waals surface area contributed by atoms with Gasteiger partial charge in [0.15, 0.2) is 16.6 Å². The quantitative estimate of drug-likeness (QED) is 0.662. The Kier molecular flexibility index (Phi) is 3.85. The first-order valence-corrected chi connectivity index (χ1v) is 8.05. The lowest BCUT2D eigenvalue weighted by Gasteiger charge is -2.18. The van der Waals surface area contributed by atoms with Crippen molar-refractivity contribution in [3.63, 3.8) is 0 Å². The van der Waals surface area contributed by atoms with Gasteiger partial charge in [0.05, 0.1) is 5.69 Å². The standard InChI is InChI=1S/C18H13FN2O3S/c19-12-3-1-2-4-14(12)21-17(22)13(20-18(21)25)9-11-5-6-15-16(10-11)24-8-7-23-15/h1-6,9-10H,7-8H2,(H,20,25). The lowest BCUT2D eigenvalue weighted by Crippen LogP contribution is -2.31. The molecule has 126 valence electrons. The van der Waals surface area contributed by atoms with Gasteiger partial charge in [-0.05, 0) is 48.1 Å². The van der Waals surface area contributed by atoms with E-state index in [1.54, 1.807) is 30.3 Å². The number of benzene rings is 2. The summed E-state index contributed by atoms with van der Waals surface area (Å²) < 4.78 is 25.0. The molecule has 7 heteroatoms. The Labute approximate surface area is 148 Å². The molecule has 2 aromatic carbocycles. The van der Waals surface area contributed by atoms with E-state index in [1.807, 2.05) is 6.07 Å². The Bertz CT molecular complexity index is 913. The smallest absolute Gasteiger partial charge is 0.281 e. The maximum absolute atomic E-state index is 14.0. The molecule has 5 nitrogen and oxygen atoms in total. The zero-order valence-corrected chi connectivity index (χ0v) is 13.8. The van der Waals surface area contributed by atoms with Crippen LogP contribution in [0.4, 0.5) is 10.1 Å². The van der Waals surface area contributed by atoms with E-state index in [-0.39, 0.29) is 16.5 Å². The average Bonchev–Trinajstić information content (AvgIpc) is 2.89. The van der Waals surface area contributed by atoms with Gasteiger partial charge in [0.25, 0.3) is 5.91 Å². The van der Waals surface area contributed by atoms with E-state index in [0.717, 1.165) is 10.5 Å². The Balaban J connectivity index is 1.66. The SMILES string of the molecule is O=C1C(=Cc2ccc3c(c2)OCCO3)NC(=S)N1c1ccccc1F. The van der Waals surface area contributed by atoms with E-state index < -0.39 is 11.7 Å². The van der Waals surface area contributed by atoms with E-state index >= 15 is 0 Å². The van der Waals surface area contributed by atoms with Crippen molar-refractivity contribution in [1.82, 2.24) is 5.32 Å². The van der Waals surface area contributed by atoms with Gasteiger partial charge in [-0.3, -0.25) is 4.79 Å². The number of fused-ring (bicyclic) bond motifs is 1. The number of para-hydroxylation sites is 1. The second-order valence-corrected chi connectivity index (χ2v) is 5.87. The predicted octanol–water partition coefficient (Wildman–Crippen LogP) is 2.86. The minimum Gasteiger partial charge on any atom is -0.486 e. The number of anilines is 1. The number of ether oxygens (including phenoxy) is 2. The van der Waals surface area contributed by atoms with Crippen molar-refractivity contribution >= 4 is 35.0 Å². The summed E-state index contributed by atoms with van der Waals surface area (Å²) in [6.45, 7) is 0.995. The molecule has 0 aromatic heterocycles. The van der Waals surface area contributed by atoms with Crippen molar-refractivity contribution in [2.45, 2.75) is 0 Å². The topological polar surface area (TPSA) is 50.8 Å². The third kappa shape index (κ3) is 2.83. The van der Waals surface area contributed by atoms with Gasteiger partial charge in [-0.15, -0.1) is 0 Å². The van der Waals surface area contributed by atoms with Crippen LogP contribution in [0.25, 0.3) is 6.08 Å². The predicted molar refractivity (Wildman–Crippen MR) is 95.0 cm³/mol. The highest BCUT2D eigenvalue weighted by molar-refractivity contribution is 7.80. The highest BCUT2D eigenvalue weighted by Gasteiger charge is 2.33. The van der Waals surface area contributed by atoms with Gasteiger partial charge in [-0.25, -0.2) is 9.29 Å². The average molecular weight is 356 g/mol. The molecular weight excluding hydrogens is 343 g/mol. The molecule has 0 radical (unpaired) electrons. The highest BCUT2D eigenvalue weighted by Crippen LogP contribution is 2.32. The zero-order chi connectivity index (χ0) is 17.4. The molecule has 25 heavy (non-hydrogen) atoms. The number of halogens is 1. The van der Waals surface area contributed by atoms with Gasteiger partial charge in [0, 0.05) is 0 Å². The number of hydrogen-bond donors (Lipinski definition) is 1. The van der Waals surface area contributed by atoms with E-state index in [9.17, 15) is 9.18 Å². The third-order valence-corrected chi connectivity index (χ3v) is 4.13. The van der Waals surface area contributed by atoms with Crippen LogP contribution in [0.15, 0.2) is 48.2 Å². The van der Waals surface area contributed by atoms with E-state index in [0.29, 0.717) is 24.7 Å². The van der Waals surface area contributed by atoms with Gasteiger partial charge in [0.1, 0.15) is 24.7 Å². The van der Waals surface area contributed by atoms with Crippen LogP contribution in [-0.4, -0.2) is 24.2 Å². The Morgan fingerprint density at radius 3 is 2.68 bits per heavy atom. The molecular formula is C18H13FN2O3S. The van der Waals surface area contributed by atoms with Crippen LogP contribution in [0, 0.1) is 5.82 Å². The molecule has 4 rings (SSSR count). The molecule has 0 saturated carbocycles. The maximum atomic E-state index is 14.0. The summed E-state index contributed by atoms with van der Waals surface area (Å²) >= 11 is 5.19. The minimum absolute atomic E-state index is 0.121. The molecule has 2 aliphatic heterocycles. The molecule has 0 unspecified atom stereocenters. The summed E-state index contributed by atoms with van der Waals surface area (Å²) in [4.78, 5) is 13.8. The van der Waals surface area contributed by atoms with Crippen molar-refractivity contribution in [3.8, 4) is 11.5 Å². The number of rotatable bonds is 2. The van der Waals surface area contributed by atoms with Crippen LogP contribution in [0.5, 0.6) is 11.5 Å². The fraction of sp³-hybridized carbons (Fsp3) is 0.111. The summed E-state index contributed by atoms with van der Waals surface area (Å²) in [6.07, 6.45) is 1.65. The van der Waals surface area contributed by atoms with Crippen LogP contribution >= 0.6 is 12.2 Å². The Morgan fingerprint density at radius 2 is 1.88 bits per heavy atom. The molecule has 0 bridgehead atoms. The highest BCUT2D eigenvalue weighted by atomic mass is 32.1. The first kappa shape index (κ1) is 15.6. The van der Waals surface area contributed by atoms with Crippen molar-refractivity contribution in [3.05, 3.63) is 59.5 Å². The summed E-state index contributed by atoms with van der Waals surface area (Å²) in [7, 11) is 0. The summed E-state index contributed by atoms with van der Waals surface area (Å²) in [5.41, 5.74) is 1.14. The van der Waals surface area contributed by atoms with Gasteiger partial charge < -0.3 is 14.8 Å². The molecule has 2 aliphatic rings. The van der Waals surface area contributed by atoms with Crippen molar-refractivity contribution in [2.75, 3.05) is 18.1 Å². The first-order chi connectivity index (χ1) is 12.1. The lowest BCUT2D eigenvalue weighted by molar-refractivity contribution is -0.113. The fourth-order valence-corrected chi connectivity index (χ4v) is 2.99. The number of carbonyl (C=O) groups is 1. The Hall–Kier alpha value is -2.93. The van der Waals surface area contributed by atoms with Crippen molar-refractivity contribution in [2.24, 2.45) is 0 Å². The van der Waals surface area contributed by atoms with Crippen LogP contribution < -0.4 is 19.7 Å². The normalized spacial score (nSPS) is 17.8. The van der Waals surface area contributed by atoms with Gasteiger partial charge in [-0.1, -0.05) is 18.2 Å². The molecule has 0 atom stereocenters. The number of thiocarbonyl (C=S) groups is 1. The van der Waals surface area contributed by atoms with Crippen LogP contribution in [-0.2, 0) is 4.79 Å². The Morgan fingerprint density at radius 1 is 1.12 bits per heavy atom. The van der Waals surface area contributed by atoms with Crippen LogP contribution in [0.2, 0.25) is 0 Å². The molecule has 1 amide bonds. The second kappa shape index (κ2) is 6.18. The minimum atomic E-state index is -0.513. The first-order valence-electron chi connectivity index (χ1n) is 7.65. The maximum Gasteiger partial charge on any atom is 0.281 e. The molecule has 0 spiro atoms. The van der Waals surface area contributed by atoms with Crippen LogP contribution in [0.3, 0.4) is 0 Å². The molecule has 1 fully saturated rings. The molecule has 1 saturated heterocycles. The summed E-state index contributed by atoms with van der Waals surface area (Å²) in [5.74, 6) is 0.368. The molecule has 2 aromatic rings. The number of nitrogens with one attached hydrogen (secondary N) is 1. The zero-order valence-electron chi connectivity index (χ0n) is 13.0. The summed E-state index contributed by atoms with van der Waals surface area (Å²) in [6, 6.07) is 11.4. The van der Waals surface area contributed by atoms with Crippen molar-refractivity contribution in [1.29, 1.82) is 0 Å². The molecule has 2 heterocycles. The second-order valence-electron chi connectivity index (χ2n) is 5.48. The number of carbonyl (C=O) groups excluding carboxylic acids is 1. The van der Waals surface area contributed by atoms with Crippen LogP contribution in [0.1, 0.15) is 5.56 Å². The van der Waals surface area contributed by atoms with Gasteiger partial charge in [0.2, 0.25) is 0 Å². The number of amides is 1. The number of nitrogens with zero attached hydrogens (tertiary/aromatic N) is 1. The monoisotopic (exact) mass is 356 g/mol. The molecule has 0 aliphatic carbocycles. The van der Waals surface area contributed by atoms with E-state index in [1.165, 1.54) is 12.1 Å². The largest absolute Gasteiger partial charge is 0.486 e. The van der Waals surface area contributed by atoms with Crippen molar-refractivity contribution < 1.29 is 18.7 Å². The lowest BCUT2D eigenvalue weighted by atomic mass is 10.1. The number of hydrogen-bond acceptors (Lipinski definition) is 4. The van der Waals surface area contributed by atoms with Gasteiger partial charge >= 0.3 is 0 Å². The third-order valence-electron chi connectivity index (χ3n) is 3.85. The molecule has 1 N–H and O–H groups in total. The van der Waals surface area contributed by atoms with Gasteiger partial charge in [-0.2, -0.15) is 0 Å².